The number of aliphatic imine (C=N–C) groups is 1. The second-order valence-corrected chi connectivity index (χ2v) is 5.64. The lowest BCUT2D eigenvalue weighted by atomic mass is 10.0. The molecule has 0 fully saturated rings. The van der Waals surface area contributed by atoms with Crippen LogP contribution in [0.4, 0.5) is 0 Å². The highest BCUT2D eigenvalue weighted by molar-refractivity contribution is 14.0. The first kappa shape index (κ1) is 20.4. The number of nitrogens with one attached hydrogen (secondary N) is 2. The fourth-order valence-corrected chi connectivity index (χ4v) is 2.41. The lowest BCUT2D eigenvalue weighted by Crippen LogP contribution is -2.39. The summed E-state index contributed by atoms with van der Waals surface area (Å²) in [4.78, 5) is 4.62. The molecule has 0 bridgehead atoms. The average Bonchev–Trinajstić information content (AvgIpc) is 2.85. The van der Waals surface area contributed by atoms with E-state index in [-0.39, 0.29) is 30.0 Å². The number of hydrogen-bond donors (Lipinski definition) is 2. The lowest BCUT2D eigenvalue weighted by Gasteiger charge is -2.19. The molecule has 2 rings (SSSR count). The zero-order valence-corrected chi connectivity index (χ0v) is 17.3. The molecule has 1 aromatic carbocycles. The van der Waals surface area contributed by atoms with E-state index in [2.05, 4.69) is 70.9 Å². The minimum Gasteiger partial charge on any atom is -0.357 e. The molecule has 2 N–H and O–H groups in total. The summed E-state index contributed by atoms with van der Waals surface area (Å²) in [6, 6.07) is 8.56. The average molecular weight is 442 g/mol. The molecule has 0 aliphatic rings. The Hall–Kier alpha value is -1.64. The van der Waals surface area contributed by atoms with Gasteiger partial charge in [-0.25, -0.2) is 4.99 Å². The SMILES string of the molecule is CCNC(=NCc1nnc(C)n1C)NC(C)c1ccccc1C.I. The zero-order chi connectivity index (χ0) is 16.8. The molecule has 1 aromatic heterocycles. The standard InChI is InChI=1S/C17H26N6.HI/c1-6-18-17(19-11-16-22-21-14(4)23(16)5)20-13(3)15-10-8-7-9-12(15)2;/h7-10,13H,6,11H2,1-5H3,(H2,18,19,20);1H. The Morgan fingerprint density at radius 3 is 2.54 bits per heavy atom. The Balaban J connectivity index is 0.00000288. The van der Waals surface area contributed by atoms with Gasteiger partial charge in [0.2, 0.25) is 0 Å². The molecular formula is C17H27IN6. The van der Waals surface area contributed by atoms with Crippen LogP contribution in [0.25, 0.3) is 0 Å². The van der Waals surface area contributed by atoms with E-state index < -0.39 is 0 Å². The number of guanidine groups is 1. The van der Waals surface area contributed by atoms with Gasteiger partial charge in [-0.05, 0) is 38.8 Å². The molecule has 0 saturated carbocycles. The molecule has 1 unspecified atom stereocenters. The summed E-state index contributed by atoms with van der Waals surface area (Å²) < 4.78 is 1.96. The minimum absolute atomic E-state index is 0. The number of halogens is 1. The molecule has 6 nitrogen and oxygen atoms in total. The van der Waals surface area contributed by atoms with Gasteiger partial charge >= 0.3 is 0 Å². The predicted molar refractivity (Wildman–Crippen MR) is 109 cm³/mol. The molecule has 0 aliphatic heterocycles. The van der Waals surface area contributed by atoms with Gasteiger partial charge < -0.3 is 15.2 Å². The summed E-state index contributed by atoms with van der Waals surface area (Å²) in [6.45, 7) is 9.56. The van der Waals surface area contributed by atoms with Gasteiger partial charge in [0.1, 0.15) is 12.4 Å². The fraction of sp³-hybridized carbons (Fsp3) is 0.471. The van der Waals surface area contributed by atoms with Crippen LogP contribution < -0.4 is 10.6 Å². The van der Waals surface area contributed by atoms with Gasteiger partial charge in [-0.1, -0.05) is 24.3 Å². The van der Waals surface area contributed by atoms with E-state index in [1.807, 2.05) is 18.5 Å². The van der Waals surface area contributed by atoms with Gasteiger partial charge in [0, 0.05) is 13.6 Å². The van der Waals surface area contributed by atoms with Crippen molar-refractivity contribution in [3.05, 3.63) is 47.0 Å². The summed E-state index contributed by atoms with van der Waals surface area (Å²) in [5, 5.41) is 14.9. The maximum atomic E-state index is 4.62. The van der Waals surface area contributed by atoms with Gasteiger partial charge in [-0.15, -0.1) is 34.2 Å². The van der Waals surface area contributed by atoms with Gasteiger partial charge in [0.15, 0.2) is 11.8 Å². The van der Waals surface area contributed by atoms with Crippen LogP contribution >= 0.6 is 24.0 Å². The number of hydrogen-bond acceptors (Lipinski definition) is 3. The molecule has 24 heavy (non-hydrogen) atoms. The van der Waals surface area contributed by atoms with Crippen molar-refractivity contribution in [2.75, 3.05) is 6.54 Å². The summed E-state index contributed by atoms with van der Waals surface area (Å²) in [5.74, 6) is 2.52. The molecule has 0 radical (unpaired) electrons. The van der Waals surface area contributed by atoms with Crippen LogP contribution in [0, 0.1) is 13.8 Å². The zero-order valence-electron chi connectivity index (χ0n) is 15.0. The van der Waals surface area contributed by atoms with Crippen molar-refractivity contribution in [2.24, 2.45) is 12.0 Å². The van der Waals surface area contributed by atoms with E-state index in [4.69, 9.17) is 0 Å². The van der Waals surface area contributed by atoms with Crippen molar-refractivity contribution >= 4 is 29.9 Å². The summed E-state index contributed by atoms with van der Waals surface area (Å²) >= 11 is 0. The van der Waals surface area contributed by atoms with Crippen LogP contribution in [0.5, 0.6) is 0 Å². The van der Waals surface area contributed by atoms with Crippen molar-refractivity contribution in [1.82, 2.24) is 25.4 Å². The van der Waals surface area contributed by atoms with Crippen molar-refractivity contribution in [3.63, 3.8) is 0 Å². The van der Waals surface area contributed by atoms with Gasteiger partial charge in [0.25, 0.3) is 0 Å². The largest absolute Gasteiger partial charge is 0.357 e. The van der Waals surface area contributed by atoms with E-state index in [0.717, 1.165) is 24.2 Å². The van der Waals surface area contributed by atoms with Gasteiger partial charge in [-0.3, -0.25) is 0 Å². The van der Waals surface area contributed by atoms with Gasteiger partial charge in [-0.2, -0.15) is 0 Å². The molecule has 132 valence electrons. The number of benzene rings is 1. The van der Waals surface area contributed by atoms with E-state index in [1.54, 1.807) is 0 Å². The molecule has 2 aromatic rings. The Labute approximate surface area is 161 Å². The smallest absolute Gasteiger partial charge is 0.192 e. The Kier molecular flexibility index (Phi) is 8.17. The Bertz CT molecular complexity index is 679. The third-order valence-corrected chi connectivity index (χ3v) is 3.91. The highest BCUT2D eigenvalue weighted by Crippen LogP contribution is 2.16. The Morgan fingerprint density at radius 1 is 1.25 bits per heavy atom. The first-order valence-corrected chi connectivity index (χ1v) is 7.98. The van der Waals surface area contributed by atoms with E-state index in [9.17, 15) is 0 Å². The molecule has 7 heteroatoms. The van der Waals surface area contributed by atoms with Crippen LogP contribution in [0.1, 0.15) is 42.7 Å². The lowest BCUT2D eigenvalue weighted by molar-refractivity contribution is 0.677. The fourth-order valence-electron chi connectivity index (χ4n) is 2.41. The van der Waals surface area contributed by atoms with Crippen LogP contribution in [0.15, 0.2) is 29.3 Å². The van der Waals surface area contributed by atoms with Crippen LogP contribution in [-0.4, -0.2) is 27.3 Å². The summed E-state index contributed by atoms with van der Waals surface area (Å²) in [6.07, 6.45) is 0. The molecule has 0 aliphatic carbocycles. The molecule has 1 heterocycles. The van der Waals surface area contributed by atoms with Crippen LogP contribution in [0.2, 0.25) is 0 Å². The minimum atomic E-state index is 0. The summed E-state index contributed by atoms with van der Waals surface area (Å²) in [5.41, 5.74) is 2.54. The molecular weight excluding hydrogens is 415 g/mol. The van der Waals surface area contributed by atoms with Crippen molar-refractivity contribution in [1.29, 1.82) is 0 Å². The molecule has 0 amide bonds. The Morgan fingerprint density at radius 2 is 1.96 bits per heavy atom. The second-order valence-electron chi connectivity index (χ2n) is 5.64. The number of rotatable bonds is 5. The normalized spacial score (nSPS) is 12.5. The second kappa shape index (κ2) is 9.61. The van der Waals surface area contributed by atoms with E-state index in [1.165, 1.54) is 11.1 Å². The first-order chi connectivity index (χ1) is 11.0. The van der Waals surface area contributed by atoms with Crippen LogP contribution in [-0.2, 0) is 13.6 Å². The number of nitrogens with zero attached hydrogens (tertiary/aromatic N) is 4. The predicted octanol–water partition coefficient (Wildman–Crippen LogP) is 2.87. The molecule has 0 saturated heterocycles. The van der Waals surface area contributed by atoms with E-state index in [0.29, 0.717) is 6.54 Å². The third kappa shape index (κ3) is 5.19. The highest BCUT2D eigenvalue weighted by atomic mass is 127. The highest BCUT2D eigenvalue weighted by Gasteiger charge is 2.10. The third-order valence-electron chi connectivity index (χ3n) is 3.91. The quantitative estimate of drug-likeness (QED) is 0.425. The van der Waals surface area contributed by atoms with Gasteiger partial charge in [0.05, 0.1) is 6.04 Å². The first-order valence-electron chi connectivity index (χ1n) is 7.98. The van der Waals surface area contributed by atoms with E-state index >= 15 is 0 Å². The van der Waals surface area contributed by atoms with Crippen LogP contribution in [0.3, 0.4) is 0 Å². The van der Waals surface area contributed by atoms with Crippen molar-refractivity contribution in [3.8, 4) is 0 Å². The maximum absolute atomic E-state index is 4.62. The maximum Gasteiger partial charge on any atom is 0.192 e. The van der Waals surface area contributed by atoms with Crippen molar-refractivity contribution < 1.29 is 0 Å². The monoisotopic (exact) mass is 442 g/mol. The number of aromatic nitrogens is 3. The van der Waals surface area contributed by atoms with Crippen molar-refractivity contribution in [2.45, 2.75) is 40.3 Å². The summed E-state index contributed by atoms with van der Waals surface area (Å²) in [7, 11) is 1.95. The topological polar surface area (TPSA) is 67.1 Å². The number of aryl methyl sites for hydroxylation is 2. The molecule has 0 spiro atoms. The molecule has 1 atom stereocenters.